The number of esters is 1. The Balaban J connectivity index is 1.03. The molecule has 4 aromatic carbocycles. The molecule has 2 atom stereocenters. The maximum Gasteiger partial charge on any atom is 0.343 e. The van der Waals surface area contributed by atoms with Crippen molar-refractivity contribution in [2.75, 3.05) is 13.2 Å². The van der Waals surface area contributed by atoms with Crippen LogP contribution >= 0.6 is 0 Å². The molecule has 0 aromatic heterocycles. The van der Waals surface area contributed by atoms with Crippen molar-refractivity contribution >= 4 is 5.97 Å². The average Bonchev–Trinajstić information content (AvgIpc) is 3.53. The predicted octanol–water partition coefficient (Wildman–Crippen LogP) is 15.7. The van der Waals surface area contributed by atoms with Gasteiger partial charge < -0.3 is 14.2 Å². The van der Waals surface area contributed by atoms with Gasteiger partial charge in [0.2, 0.25) is 0 Å². The van der Waals surface area contributed by atoms with Crippen LogP contribution in [0.4, 0.5) is 0 Å². The van der Waals surface area contributed by atoms with Gasteiger partial charge in [-0.25, -0.2) is 4.79 Å². The number of hydrogen-bond acceptors (Lipinski definition) is 5. The minimum Gasteiger partial charge on any atom is -0.494 e. The van der Waals surface area contributed by atoms with Crippen LogP contribution < -0.4 is 14.2 Å². The Hall–Kier alpha value is -4.13. The molecule has 5 rings (SSSR count). The van der Waals surface area contributed by atoms with Crippen molar-refractivity contribution in [3.63, 3.8) is 0 Å². The second-order valence-electron chi connectivity index (χ2n) is 17.9. The molecule has 1 aliphatic heterocycles. The van der Waals surface area contributed by atoms with Gasteiger partial charge in [-0.15, -0.1) is 10.3 Å². The van der Waals surface area contributed by atoms with E-state index in [-0.39, 0.29) is 0 Å². The molecule has 1 saturated heterocycles. The number of hydrogen-bond donors (Lipinski definition) is 0. The molecule has 6 heteroatoms. The van der Waals surface area contributed by atoms with Crippen LogP contribution in [0.25, 0.3) is 11.1 Å². The van der Waals surface area contributed by atoms with Crippen LogP contribution in [0.15, 0.2) is 97.1 Å². The van der Waals surface area contributed by atoms with Gasteiger partial charge in [-0.2, -0.15) is 0 Å². The minimum atomic E-state index is -0.719. The van der Waals surface area contributed by atoms with Gasteiger partial charge in [0.15, 0.2) is 0 Å². The van der Waals surface area contributed by atoms with Crippen LogP contribution in [-0.4, -0.2) is 24.2 Å². The monoisotopic (exact) mass is 831 g/mol. The van der Waals surface area contributed by atoms with E-state index in [1.54, 1.807) is 24.3 Å². The molecular formula is C55H76NO5. The molecule has 1 aliphatic rings. The summed E-state index contributed by atoms with van der Waals surface area (Å²) in [4.78, 5) is 13.0. The first-order valence-electron chi connectivity index (χ1n) is 24.1. The summed E-state index contributed by atoms with van der Waals surface area (Å²) in [6.45, 7) is 10.0. The molecule has 0 N–H and O–H groups in total. The highest BCUT2D eigenvalue weighted by atomic mass is 16.5. The molecule has 1 radical (unpaired) electrons. The molecule has 0 spiro atoms. The van der Waals surface area contributed by atoms with E-state index < -0.39 is 17.0 Å². The van der Waals surface area contributed by atoms with Crippen LogP contribution in [0.1, 0.15) is 190 Å². The first kappa shape index (κ1) is 47.9. The van der Waals surface area contributed by atoms with Crippen LogP contribution in [0.2, 0.25) is 0 Å². The summed E-state index contributed by atoms with van der Waals surface area (Å²) in [6, 6.07) is 31.3. The lowest BCUT2D eigenvalue weighted by atomic mass is 9.88. The van der Waals surface area contributed by atoms with E-state index in [9.17, 15) is 10.0 Å². The van der Waals surface area contributed by atoms with E-state index in [4.69, 9.17) is 14.2 Å². The van der Waals surface area contributed by atoms with Crippen molar-refractivity contribution < 1.29 is 24.2 Å². The Morgan fingerprint density at radius 3 is 1.20 bits per heavy atom. The lowest BCUT2D eigenvalue weighted by Crippen LogP contribution is -2.44. The van der Waals surface area contributed by atoms with Crippen LogP contribution in [-0.2, 0) is 16.3 Å². The van der Waals surface area contributed by atoms with Crippen molar-refractivity contribution in [2.24, 2.45) is 0 Å². The molecular weight excluding hydrogens is 755 g/mol. The molecule has 0 bridgehead atoms. The van der Waals surface area contributed by atoms with Crippen LogP contribution in [0.5, 0.6) is 17.2 Å². The molecule has 61 heavy (non-hydrogen) atoms. The number of nitrogens with zero attached hydrogens (tertiary/aromatic N) is 1. The number of carbonyl (C=O) groups is 1. The molecule has 0 amide bonds. The summed E-state index contributed by atoms with van der Waals surface area (Å²) in [6.07, 6.45) is 27.5. The number of hydroxylamine groups is 2. The smallest absolute Gasteiger partial charge is 0.343 e. The van der Waals surface area contributed by atoms with Crippen molar-refractivity contribution in [3.8, 4) is 28.4 Å². The van der Waals surface area contributed by atoms with E-state index in [1.807, 2.05) is 38.1 Å². The summed E-state index contributed by atoms with van der Waals surface area (Å²) in [5.41, 5.74) is 3.22. The van der Waals surface area contributed by atoms with Gasteiger partial charge in [-0.1, -0.05) is 178 Å². The topological polar surface area (TPSA) is 67.9 Å². The van der Waals surface area contributed by atoms with E-state index in [2.05, 4.69) is 62.4 Å². The van der Waals surface area contributed by atoms with Gasteiger partial charge >= 0.3 is 5.97 Å². The molecule has 1 heterocycles. The maximum atomic E-state index is 14.2. The highest BCUT2D eigenvalue weighted by Gasteiger charge is 2.52. The summed E-state index contributed by atoms with van der Waals surface area (Å²) in [5, 5.41) is 15.5. The van der Waals surface area contributed by atoms with E-state index >= 15 is 0 Å². The quantitative estimate of drug-likeness (QED) is 0.0310. The first-order valence-corrected chi connectivity index (χ1v) is 24.1. The summed E-state index contributed by atoms with van der Waals surface area (Å²) < 4.78 is 17.7. The predicted molar refractivity (Wildman–Crippen MR) is 251 cm³/mol. The average molecular weight is 831 g/mol. The number of ether oxygens (including phenoxy) is 3. The highest BCUT2D eigenvalue weighted by molar-refractivity contribution is 5.91. The molecule has 0 unspecified atom stereocenters. The highest BCUT2D eigenvalue weighted by Crippen LogP contribution is 2.51. The van der Waals surface area contributed by atoms with Crippen LogP contribution in [0.3, 0.4) is 0 Å². The van der Waals surface area contributed by atoms with E-state index in [0.717, 1.165) is 59.6 Å². The largest absolute Gasteiger partial charge is 0.494 e. The number of rotatable bonds is 29. The van der Waals surface area contributed by atoms with Crippen LogP contribution in [0, 0.1) is 0 Å². The molecule has 4 aromatic rings. The minimum absolute atomic E-state index is 0.425. The van der Waals surface area contributed by atoms with Gasteiger partial charge in [0.05, 0.1) is 29.9 Å². The zero-order valence-corrected chi connectivity index (χ0v) is 38.2. The van der Waals surface area contributed by atoms with Crippen molar-refractivity contribution in [3.05, 3.63) is 114 Å². The van der Waals surface area contributed by atoms with Gasteiger partial charge in [0.25, 0.3) is 0 Å². The summed E-state index contributed by atoms with van der Waals surface area (Å²) in [7, 11) is 0. The Bertz CT molecular complexity index is 1810. The second-order valence-corrected chi connectivity index (χ2v) is 17.9. The lowest BCUT2D eigenvalue weighted by molar-refractivity contribution is -0.260. The third-order valence-corrected chi connectivity index (χ3v) is 13.0. The molecule has 331 valence electrons. The van der Waals surface area contributed by atoms with E-state index in [0.29, 0.717) is 24.3 Å². The van der Waals surface area contributed by atoms with Gasteiger partial charge in [0, 0.05) is 0 Å². The van der Waals surface area contributed by atoms with Crippen molar-refractivity contribution in [2.45, 2.75) is 180 Å². The fourth-order valence-electron chi connectivity index (χ4n) is 8.82. The van der Waals surface area contributed by atoms with Gasteiger partial charge in [0.1, 0.15) is 17.2 Å². The van der Waals surface area contributed by atoms with Crippen molar-refractivity contribution in [1.29, 1.82) is 0 Å². The second kappa shape index (κ2) is 25.7. The molecule has 0 saturated carbocycles. The fraction of sp³-hybridized carbons (Fsp3) is 0.545. The zero-order valence-electron chi connectivity index (χ0n) is 38.2. The lowest BCUT2D eigenvalue weighted by Gasteiger charge is -2.37. The molecule has 6 nitrogen and oxygen atoms in total. The van der Waals surface area contributed by atoms with Crippen molar-refractivity contribution in [1.82, 2.24) is 5.06 Å². The number of benzene rings is 4. The van der Waals surface area contributed by atoms with Gasteiger partial charge in [-0.3, -0.25) is 0 Å². The molecule has 0 aliphatic carbocycles. The third-order valence-electron chi connectivity index (χ3n) is 13.0. The SMILES string of the molecule is CCCCCCCCCCCCOc1ccc(C(=O)Oc2ccc([C@]3(C)CC[C@@](C)(c4ccc(-c5ccc(OCCCCCCCCCCCC)cc5)cc4)N3[O])cc2)cc1. The molecule has 1 fully saturated rings. The van der Waals surface area contributed by atoms with E-state index in [1.165, 1.54) is 121 Å². The Kier molecular flexibility index (Phi) is 20.2. The summed E-state index contributed by atoms with van der Waals surface area (Å²) in [5.74, 6) is 1.69. The normalized spacial score (nSPS) is 17.7. The fourth-order valence-corrected chi connectivity index (χ4v) is 8.82. The standard InChI is InChI=1S/C55H76NO5/c1-5-7-9-11-13-15-17-19-21-23-43-59-50-35-27-46(28-36-50)45-25-31-48(32-26-45)54(3)41-42-55(4,56(54)58)49-33-39-52(40-34-49)61-53(57)47-29-37-51(38-30-47)60-44-24-22-20-18-16-14-12-10-8-6-2/h25-40H,5-24,41-44H2,1-4H3/t54-,55-/m0/s1. The Morgan fingerprint density at radius 1 is 0.459 bits per heavy atom. The number of unbranched alkanes of at least 4 members (excludes halogenated alkanes) is 18. The first-order chi connectivity index (χ1) is 29.8. The maximum absolute atomic E-state index is 14.2. The number of carbonyl (C=O) groups excluding carboxylic acids is 1. The Morgan fingerprint density at radius 2 is 0.787 bits per heavy atom. The van der Waals surface area contributed by atoms with Gasteiger partial charge in [-0.05, 0) is 110 Å². The third kappa shape index (κ3) is 14.7. The Labute approximate surface area is 369 Å². The summed E-state index contributed by atoms with van der Waals surface area (Å²) >= 11 is 0. The zero-order chi connectivity index (χ0) is 43.2.